The van der Waals surface area contributed by atoms with Gasteiger partial charge in [0.1, 0.15) is 24.2 Å². The molecule has 0 aromatic rings. The molecule has 0 aromatic carbocycles. The van der Waals surface area contributed by atoms with Gasteiger partial charge in [-0.3, -0.25) is 33.6 Å². The van der Waals surface area contributed by atoms with Gasteiger partial charge in [-0.25, -0.2) is 0 Å². The van der Waals surface area contributed by atoms with Gasteiger partial charge in [0.2, 0.25) is 29.5 Å². The number of aliphatic carboxylic acids is 2. The van der Waals surface area contributed by atoms with Gasteiger partial charge in [0.25, 0.3) is 0 Å². The third-order valence-corrected chi connectivity index (χ3v) is 13.5. The Hall–Kier alpha value is -3.77. The molecule has 18 heteroatoms. The first-order valence-corrected chi connectivity index (χ1v) is 21.5. The molecule has 0 aromatic heterocycles. The maximum atomic E-state index is 14.3. The number of amides is 5. The van der Waals surface area contributed by atoms with Crippen molar-refractivity contribution in [3.8, 4) is 0 Å². The van der Waals surface area contributed by atoms with Gasteiger partial charge in [0.15, 0.2) is 0 Å². The van der Waals surface area contributed by atoms with Gasteiger partial charge in [0.05, 0.1) is 30.6 Å². The molecular formula is C41H69BN6O11. The maximum Gasteiger partial charge on any atom is 0.481 e. The minimum Gasteiger partial charge on any atom is -0.481 e. The summed E-state index contributed by atoms with van der Waals surface area (Å²) in [5.74, 6) is -6.18. The van der Waals surface area contributed by atoms with Crippen LogP contribution < -0.4 is 27.0 Å². The second kappa shape index (κ2) is 19.7. The number of nitrogens with zero attached hydrogens (tertiary/aromatic N) is 1. The summed E-state index contributed by atoms with van der Waals surface area (Å²) in [7, 11) is -0.608. The summed E-state index contributed by atoms with van der Waals surface area (Å²) in [5.41, 5.74) is 5.78. The fraction of sp³-hybridized carbons (Fsp3) is 0.829. The van der Waals surface area contributed by atoms with E-state index in [1.165, 1.54) is 4.90 Å². The number of carbonyl (C=O) groups excluding carboxylic acids is 5. The number of nitrogens with two attached hydrogens (primary N) is 1. The number of carboxylic acids is 2. The Morgan fingerprint density at radius 3 is 2.03 bits per heavy atom. The summed E-state index contributed by atoms with van der Waals surface area (Å²) in [6, 6.07) is -6.01. The first-order chi connectivity index (χ1) is 27.5. The van der Waals surface area contributed by atoms with Crippen molar-refractivity contribution in [3.05, 3.63) is 0 Å². The van der Waals surface area contributed by atoms with E-state index in [2.05, 4.69) is 55.9 Å². The molecule has 2 bridgehead atoms. The molecule has 10 atom stereocenters. The molecule has 0 unspecified atom stereocenters. The van der Waals surface area contributed by atoms with Crippen LogP contribution in [0.25, 0.3) is 0 Å². The first-order valence-electron chi connectivity index (χ1n) is 21.5. The van der Waals surface area contributed by atoms with Crippen LogP contribution in [0.1, 0.15) is 127 Å². The summed E-state index contributed by atoms with van der Waals surface area (Å²) >= 11 is 0. The van der Waals surface area contributed by atoms with Crippen molar-refractivity contribution in [2.45, 2.75) is 175 Å². The second-order valence-electron chi connectivity index (χ2n) is 19.2. The monoisotopic (exact) mass is 833 g/mol. The molecule has 5 amide bonds. The number of carboxylic acid groups (broad SMARTS) is 2. The Bertz CT molecular complexity index is 1580. The SMILES string of the molecule is CC(C)CCC[C@H](NC(=O)[C@@H]1CCCN1C(=O)[C@@H](NC(=O)[C@@H](NC(=O)[C@H](CCC(=O)O)NC(=O)[C@@H](N)CC(=O)O)C(C)C)C(C)C)B1O[C@@H]2[C@@H](C[C@@H]3C[C@@]2(C)C3(C)C)O1. The molecule has 5 aliphatic rings. The number of rotatable bonds is 21. The fourth-order valence-electron chi connectivity index (χ4n) is 9.37. The van der Waals surface area contributed by atoms with Crippen molar-refractivity contribution in [1.29, 1.82) is 0 Å². The first kappa shape index (κ1) is 47.9. The van der Waals surface area contributed by atoms with Crippen LogP contribution in [0.4, 0.5) is 0 Å². The summed E-state index contributed by atoms with van der Waals surface area (Å²) < 4.78 is 13.3. The summed E-state index contributed by atoms with van der Waals surface area (Å²) in [5, 5.41) is 29.2. The van der Waals surface area contributed by atoms with Gasteiger partial charge in [0, 0.05) is 18.4 Å². The summed E-state index contributed by atoms with van der Waals surface area (Å²) in [6.45, 7) is 18.4. The topological polar surface area (TPSA) is 256 Å². The van der Waals surface area contributed by atoms with Crippen LogP contribution in [0.3, 0.4) is 0 Å². The molecule has 3 aliphatic carbocycles. The van der Waals surface area contributed by atoms with Gasteiger partial charge in [-0.15, -0.1) is 0 Å². The van der Waals surface area contributed by atoms with E-state index < -0.39 is 104 Å². The Balaban J connectivity index is 1.45. The number of hydrogen-bond donors (Lipinski definition) is 7. The third-order valence-electron chi connectivity index (χ3n) is 13.5. The van der Waals surface area contributed by atoms with E-state index in [0.717, 1.165) is 25.7 Å². The quantitative estimate of drug-likeness (QED) is 0.0821. The zero-order chi connectivity index (χ0) is 44.1. The van der Waals surface area contributed by atoms with Crippen LogP contribution in [0.5, 0.6) is 0 Å². The van der Waals surface area contributed by atoms with Gasteiger partial charge in [-0.05, 0) is 67.6 Å². The molecule has 5 rings (SSSR count). The summed E-state index contributed by atoms with van der Waals surface area (Å²) in [6.07, 6.45) is 3.84. The Kier molecular flexibility index (Phi) is 16.0. The highest BCUT2D eigenvalue weighted by atomic mass is 16.7. The lowest BCUT2D eigenvalue weighted by Crippen LogP contribution is -2.66. The highest BCUT2D eigenvalue weighted by molar-refractivity contribution is 6.47. The van der Waals surface area contributed by atoms with Crippen molar-refractivity contribution in [2.24, 2.45) is 40.2 Å². The standard InChI is InChI=1S/C41H69BN6O11/c1-21(2)12-10-14-29(42-58-28-18-24-20-41(9,34(28)59-42)40(24,7)8)45-37(55)27-13-11-17-48(27)39(57)33(23(5)6)47-38(56)32(22(3)4)46-36(54)26(15-16-30(49)50)44-35(53)25(43)19-31(51)52/h21-29,32-34H,10-20,43H2,1-9H3,(H,44,53)(H,45,55)(H,46,54)(H,47,56)(H,49,50)(H,51,52)/t24-,25+,26+,27+,28-,29+,32+,33+,34-,41-/m1/s1. The molecule has 8 N–H and O–H groups in total. The predicted octanol–water partition coefficient (Wildman–Crippen LogP) is 1.99. The van der Waals surface area contributed by atoms with Crippen LogP contribution in [-0.2, 0) is 42.9 Å². The van der Waals surface area contributed by atoms with Crippen LogP contribution in [0.2, 0.25) is 0 Å². The van der Waals surface area contributed by atoms with Gasteiger partial charge in [-0.2, -0.15) is 0 Å². The number of hydrogen-bond acceptors (Lipinski definition) is 10. The van der Waals surface area contributed by atoms with E-state index in [1.807, 2.05) is 0 Å². The molecule has 2 aliphatic heterocycles. The largest absolute Gasteiger partial charge is 0.481 e. The fourth-order valence-corrected chi connectivity index (χ4v) is 9.37. The third kappa shape index (κ3) is 11.1. The molecule has 17 nitrogen and oxygen atoms in total. The molecule has 2 heterocycles. The van der Waals surface area contributed by atoms with Gasteiger partial charge >= 0.3 is 19.1 Å². The summed E-state index contributed by atoms with van der Waals surface area (Å²) in [4.78, 5) is 92.3. The van der Waals surface area contributed by atoms with Crippen molar-refractivity contribution in [3.63, 3.8) is 0 Å². The molecule has 59 heavy (non-hydrogen) atoms. The average Bonchev–Trinajstić information content (AvgIpc) is 3.82. The zero-order valence-corrected chi connectivity index (χ0v) is 36.4. The molecule has 2 saturated heterocycles. The lowest BCUT2D eigenvalue weighted by Gasteiger charge is -2.67. The van der Waals surface area contributed by atoms with E-state index in [0.29, 0.717) is 37.6 Å². The second-order valence-corrected chi connectivity index (χ2v) is 19.2. The zero-order valence-electron chi connectivity index (χ0n) is 36.4. The number of nitrogens with one attached hydrogen (secondary N) is 4. The number of likely N-dealkylation sites (tertiary alicyclic amines) is 1. The molecule has 332 valence electrons. The normalized spacial score (nSPS) is 26.9. The minimum absolute atomic E-state index is 0.0143. The number of carbonyl (C=O) groups is 7. The van der Waals surface area contributed by atoms with Crippen LogP contribution in [-0.4, -0.2) is 119 Å². The highest BCUT2D eigenvalue weighted by Crippen LogP contribution is 2.69. The van der Waals surface area contributed by atoms with E-state index in [4.69, 9.17) is 20.1 Å². The maximum absolute atomic E-state index is 14.3. The molecule has 5 fully saturated rings. The van der Waals surface area contributed by atoms with Crippen molar-refractivity contribution >= 4 is 48.6 Å². The lowest BCUT2D eigenvalue weighted by atomic mass is 9.39. The minimum atomic E-state index is -1.50. The van der Waals surface area contributed by atoms with Gasteiger partial charge in [-0.1, -0.05) is 75.2 Å². The molecule has 0 spiro atoms. The van der Waals surface area contributed by atoms with Crippen LogP contribution >= 0.6 is 0 Å². The average molecular weight is 833 g/mol. The van der Waals surface area contributed by atoms with Crippen LogP contribution in [0.15, 0.2) is 0 Å². The predicted molar refractivity (Wildman–Crippen MR) is 218 cm³/mol. The van der Waals surface area contributed by atoms with E-state index >= 15 is 0 Å². The van der Waals surface area contributed by atoms with E-state index in [9.17, 15) is 38.7 Å². The highest BCUT2D eigenvalue weighted by Gasteiger charge is 2.69. The van der Waals surface area contributed by atoms with Crippen molar-refractivity contribution in [2.75, 3.05) is 6.54 Å². The smallest absolute Gasteiger partial charge is 0.481 e. The van der Waals surface area contributed by atoms with Crippen LogP contribution in [0, 0.1) is 34.5 Å². The van der Waals surface area contributed by atoms with E-state index in [-0.39, 0.29) is 35.4 Å². The Labute approximate surface area is 348 Å². The van der Waals surface area contributed by atoms with E-state index in [1.54, 1.807) is 27.7 Å². The lowest BCUT2D eigenvalue weighted by molar-refractivity contribution is -0.220. The van der Waals surface area contributed by atoms with Gasteiger partial charge < -0.3 is 51.4 Å². The molecule has 3 saturated carbocycles. The van der Waals surface area contributed by atoms with Crippen molar-refractivity contribution in [1.82, 2.24) is 26.2 Å². The van der Waals surface area contributed by atoms with Crippen molar-refractivity contribution < 1.29 is 53.1 Å². The molecular weight excluding hydrogens is 763 g/mol. The molecule has 0 radical (unpaired) electrons. The Morgan fingerprint density at radius 1 is 0.814 bits per heavy atom. The Morgan fingerprint density at radius 2 is 1.46 bits per heavy atom.